The number of aliphatic hydroxyl groups excluding tert-OH is 7. The highest BCUT2D eigenvalue weighted by atomic mass is 19.4. The van der Waals surface area contributed by atoms with Crippen molar-refractivity contribution in [2.24, 2.45) is 0 Å². The fourth-order valence-corrected chi connectivity index (χ4v) is 4.73. The van der Waals surface area contributed by atoms with E-state index in [-0.39, 0.29) is 0 Å². The van der Waals surface area contributed by atoms with Gasteiger partial charge in [-0.2, -0.15) is 43.9 Å². The Bertz CT molecular complexity index is 984. The van der Waals surface area contributed by atoms with Crippen LogP contribution in [0.5, 0.6) is 0 Å². The van der Waals surface area contributed by atoms with E-state index in [1.807, 2.05) is 0 Å². The van der Waals surface area contributed by atoms with Crippen molar-refractivity contribution in [1.82, 2.24) is 0 Å². The first-order chi connectivity index (χ1) is 18.9. The van der Waals surface area contributed by atoms with E-state index in [2.05, 4.69) is 0 Å². The maximum absolute atomic E-state index is 15.1. The third kappa shape index (κ3) is 4.43. The minimum absolute atomic E-state index is 0.991. The van der Waals surface area contributed by atoms with Crippen molar-refractivity contribution >= 4 is 5.78 Å². The summed E-state index contributed by atoms with van der Waals surface area (Å²) in [5.74, 6) is -41.3. The lowest BCUT2D eigenvalue weighted by Gasteiger charge is -2.52. The fourth-order valence-electron chi connectivity index (χ4n) is 4.73. The molecule has 2 saturated heterocycles. The van der Waals surface area contributed by atoms with E-state index in [0.29, 0.717) is 0 Å². The molecule has 22 heteroatoms. The SMILES string of the molecule is O=C(C[C@H]1O[C@H](CO)[C@@H](O[C@@H]2O[C@H](CO)[C@@H](O)[C@H](O)[C@H]2O)[C@H](O)[C@H]1O)C1(F)C(F)(F)C(F)(F)C(F)(F)C(F)(F)C1(F)F. The van der Waals surface area contributed by atoms with Crippen molar-refractivity contribution in [2.45, 2.75) is 103 Å². The molecule has 0 amide bonds. The Morgan fingerprint density at radius 2 is 1.00 bits per heavy atom. The highest BCUT2D eigenvalue weighted by Gasteiger charge is 3.02. The summed E-state index contributed by atoms with van der Waals surface area (Å²) in [5, 5.41) is 69.0. The summed E-state index contributed by atoms with van der Waals surface area (Å²) < 4.78 is 169. The van der Waals surface area contributed by atoms with Gasteiger partial charge in [-0.1, -0.05) is 0 Å². The largest absolute Gasteiger partial charge is 0.394 e. The van der Waals surface area contributed by atoms with Gasteiger partial charge in [0.2, 0.25) is 0 Å². The lowest BCUT2D eigenvalue weighted by molar-refractivity contribution is -0.476. The van der Waals surface area contributed by atoms with Crippen LogP contribution < -0.4 is 0 Å². The van der Waals surface area contributed by atoms with E-state index in [1.54, 1.807) is 0 Å². The van der Waals surface area contributed by atoms with Crippen LogP contribution in [-0.2, 0) is 19.0 Å². The van der Waals surface area contributed by atoms with Crippen LogP contribution in [0.25, 0.3) is 0 Å². The number of hydrogen-bond acceptors (Lipinski definition) is 11. The Hall–Kier alpha value is -1.50. The van der Waals surface area contributed by atoms with Crippen LogP contribution in [0.4, 0.5) is 48.3 Å². The van der Waals surface area contributed by atoms with E-state index < -0.39 is 122 Å². The molecule has 3 aliphatic rings. The second-order valence-corrected chi connectivity index (χ2v) is 9.83. The quantitative estimate of drug-likeness (QED) is 0.160. The first-order valence-electron chi connectivity index (χ1n) is 11.6. The average molecular weight is 648 g/mol. The van der Waals surface area contributed by atoms with Crippen LogP contribution >= 0.6 is 0 Å². The highest BCUT2D eigenvalue weighted by molar-refractivity contribution is 5.91. The second kappa shape index (κ2) is 10.8. The molecule has 2 heterocycles. The van der Waals surface area contributed by atoms with Crippen molar-refractivity contribution < 1.29 is 103 Å². The summed E-state index contributed by atoms with van der Waals surface area (Å²) in [6.45, 7) is -2.37. The Balaban J connectivity index is 1.90. The number of aliphatic hydroxyl groups is 7. The van der Waals surface area contributed by atoms with Gasteiger partial charge in [0.15, 0.2) is 12.1 Å². The van der Waals surface area contributed by atoms with Crippen LogP contribution in [0.2, 0.25) is 0 Å². The van der Waals surface area contributed by atoms with Crippen molar-refractivity contribution in [3.63, 3.8) is 0 Å². The van der Waals surface area contributed by atoms with Gasteiger partial charge >= 0.3 is 35.3 Å². The molecule has 0 radical (unpaired) electrons. The Labute approximate surface area is 226 Å². The molecule has 3 rings (SSSR count). The summed E-state index contributed by atoms with van der Waals surface area (Å²) in [6, 6.07) is 0. The van der Waals surface area contributed by atoms with Crippen LogP contribution in [0.1, 0.15) is 6.42 Å². The number of halogens is 11. The molecule has 0 aromatic rings. The lowest BCUT2D eigenvalue weighted by atomic mass is 9.69. The number of hydrogen-bond donors (Lipinski definition) is 7. The van der Waals surface area contributed by atoms with Gasteiger partial charge in [0.05, 0.1) is 19.3 Å². The molecular weight excluding hydrogens is 625 g/mol. The van der Waals surface area contributed by atoms with E-state index in [0.717, 1.165) is 0 Å². The third-order valence-corrected chi connectivity index (χ3v) is 7.32. The molecule has 0 aromatic carbocycles. The molecule has 1 aliphatic carbocycles. The van der Waals surface area contributed by atoms with Crippen molar-refractivity contribution in [2.75, 3.05) is 13.2 Å². The molecule has 11 nitrogen and oxygen atoms in total. The summed E-state index contributed by atoms with van der Waals surface area (Å²) >= 11 is 0. The Morgan fingerprint density at radius 3 is 1.45 bits per heavy atom. The van der Waals surface area contributed by atoms with Crippen LogP contribution in [0.3, 0.4) is 0 Å². The third-order valence-electron chi connectivity index (χ3n) is 7.32. The summed E-state index contributed by atoms with van der Waals surface area (Å²) in [6.07, 6.45) is -24.7. The van der Waals surface area contributed by atoms with E-state index >= 15 is 4.39 Å². The molecule has 246 valence electrons. The van der Waals surface area contributed by atoms with Gasteiger partial charge < -0.3 is 50.0 Å². The number of carbonyl (C=O) groups excluding carboxylic acids is 1. The number of carbonyl (C=O) groups is 1. The number of alkyl halides is 11. The van der Waals surface area contributed by atoms with Gasteiger partial charge in [-0.25, -0.2) is 4.39 Å². The number of Topliss-reactive ketones (excluding diaryl/α,β-unsaturated/α-hetero) is 1. The second-order valence-electron chi connectivity index (χ2n) is 9.83. The number of ether oxygens (including phenoxy) is 3. The summed E-state index contributed by atoms with van der Waals surface area (Å²) in [4.78, 5) is 12.3. The van der Waals surface area contributed by atoms with Crippen molar-refractivity contribution in [1.29, 1.82) is 0 Å². The average Bonchev–Trinajstić information content (AvgIpc) is 2.90. The lowest BCUT2D eigenvalue weighted by Crippen LogP contribution is -2.85. The minimum Gasteiger partial charge on any atom is -0.394 e. The van der Waals surface area contributed by atoms with Gasteiger partial charge in [0, 0.05) is 6.42 Å². The predicted octanol–water partition coefficient (Wildman–Crippen LogP) is -1.49. The molecular formula is C20H23F11O11. The van der Waals surface area contributed by atoms with Crippen molar-refractivity contribution in [3.8, 4) is 0 Å². The Kier molecular flexibility index (Phi) is 9.03. The smallest absolute Gasteiger partial charge is 0.384 e. The normalized spacial score (nSPS) is 43.5. The molecule has 0 spiro atoms. The number of ketones is 1. The van der Waals surface area contributed by atoms with Gasteiger partial charge in [-0.15, -0.1) is 0 Å². The highest BCUT2D eigenvalue weighted by Crippen LogP contribution is 2.69. The van der Waals surface area contributed by atoms with E-state index in [4.69, 9.17) is 14.2 Å². The molecule has 0 unspecified atom stereocenters. The maximum Gasteiger partial charge on any atom is 0.384 e. The first kappa shape index (κ1) is 35.0. The van der Waals surface area contributed by atoms with Gasteiger partial charge in [-0.05, 0) is 0 Å². The fraction of sp³-hybridized carbons (Fsp3) is 0.950. The molecule has 2 aliphatic heterocycles. The monoisotopic (exact) mass is 648 g/mol. The summed E-state index contributed by atoms with van der Waals surface area (Å²) in [7, 11) is 0. The minimum atomic E-state index is -7.57. The van der Waals surface area contributed by atoms with E-state index in [1.165, 1.54) is 0 Å². The van der Waals surface area contributed by atoms with Gasteiger partial charge in [-0.3, -0.25) is 4.79 Å². The molecule has 1 saturated carbocycles. The predicted molar refractivity (Wildman–Crippen MR) is 105 cm³/mol. The van der Waals surface area contributed by atoms with Gasteiger partial charge in [0.1, 0.15) is 48.8 Å². The molecule has 10 atom stereocenters. The van der Waals surface area contributed by atoms with Gasteiger partial charge in [0.25, 0.3) is 0 Å². The number of rotatable bonds is 7. The zero-order valence-electron chi connectivity index (χ0n) is 20.3. The molecule has 3 fully saturated rings. The molecule has 0 bridgehead atoms. The zero-order chi connectivity index (χ0) is 32.6. The molecule has 42 heavy (non-hydrogen) atoms. The maximum atomic E-state index is 15.1. The standard InChI is InChI=1S/C20H23F11O11/c21-15(16(22,23)18(26,27)20(30,31)19(28,29)17(15,24)25)7(34)1-4-8(35)11(38)13(6(3-33)40-4)42-14-12(39)10(37)9(36)5(2-32)41-14/h4-6,8-14,32-33,35-39H,1-3H2/t4-,5-,6-,8+,9-,10+,11-,12-,13-,14+/m1/s1. The van der Waals surface area contributed by atoms with Crippen LogP contribution in [0, 0.1) is 0 Å². The molecule has 7 N–H and O–H groups in total. The van der Waals surface area contributed by atoms with Crippen LogP contribution in [0.15, 0.2) is 0 Å². The molecule has 0 aromatic heterocycles. The van der Waals surface area contributed by atoms with Crippen molar-refractivity contribution in [3.05, 3.63) is 0 Å². The summed E-state index contributed by atoms with van der Waals surface area (Å²) in [5.41, 5.74) is -7.04. The Morgan fingerprint density at radius 1 is 0.571 bits per heavy atom. The first-order valence-corrected chi connectivity index (χ1v) is 11.6. The van der Waals surface area contributed by atoms with Crippen LogP contribution in [-0.4, -0.2) is 151 Å². The zero-order valence-corrected chi connectivity index (χ0v) is 20.3. The van der Waals surface area contributed by atoms with E-state index in [9.17, 15) is 84.4 Å². The topological polar surface area (TPSA) is 186 Å².